The number of ether oxygens (including phenoxy) is 2. The van der Waals surface area contributed by atoms with Gasteiger partial charge in [0.15, 0.2) is 0 Å². The minimum absolute atomic E-state index is 0.00302. The molecule has 0 amide bonds. The summed E-state index contributed by atoms with van der Waals surface area (Å²) in [7, 11) is 2.26. The lowest BCUT2D eigenvalue weighted by molar-refractivity contribution is -0.156. The maximum Gasteiger partial charge on any atom is 0.321 e. The highest BCUT2D eigenvalue weighted by Gasteiger charge is 2.54. The van der Waals surface area contributed by atoms with E-state index in [4.69, 9.17) is 9.47 Å². The molecule has 2 aliphatic carbocycles. The van der Waals surface area contributed by atoms with Crippen molar-refractivity contribution in [2.75, 3.05) is 13.6 Å². The number of unbranched alkanes of at least 4 members (excludes halogenated alkanes) is 1. The zero-order valence-corrected chi connectivity index (χ0v) is 21.9. The number of nitrogens with zero attached hydrogens (tertiary/aromatic N) is 1. The third-order valence-electron chi connectivity index (χ3n) is 9.15. The minimum atomic E-state index is -0.883. The molecule has 1 heterocycles. The van der Waals surface area contributed by atoms with E-state index in [1.807, 2.05) is 55.5 Å². The molecule has 0 aromatic heterocycles. The smallest absolute Gasteiger partial charge is 0.321 e. The fourth-order valence-corrected chi connectivity index (χ4v) is 7.09. The molecule has 2 saturated carbocycles. The summed E-state index contributed by atoms with van der Waals surface area (Å²) >= 11 is 0. The van der Waals surface area contributed by atoms with E-state index in [2.05, 4.69) is 42.3 Å². The van der Waals surface area contributed by atoms with Crippen molar-refractivity contribution in [1.29, 1.82) is 0 Å². The van der Waals surface area contributed by atoms with Crippen molar-refractivity contribution in [2.24, 2.45) is 11.8 Å². The van der Waals surface area contributed by atoms with Gasteiger partial charge in [-0.3, -0.25) is 4.79 Å². The molecule has 4 atom stereocenters. The molecule has 3 aromatic rings. The predicted octanol–water partition coefficient (Wildman–Crippen LogP) is 6.76. The third-order valence-corrected chi connectivity index (χ3v) is 9.15. The number of carbonyl (C=O) groups is 1. The maximum absolute atomic E-state index is 14.1. The molecular formula is C33H37NO3. The van der Waals surface area contributed by atoms with E-state index in [0.717, 1.165) is 54.9 Å². The van der Waals surface area contributed by atoms with E-state index < -0.39 is 5.41 Å². The van der Waals surface area contributed by atoms with E-state index >= 15 is 0 Å². The second-order valence-electron chi connectivity index (χ2n) is 11.3. The first-order chi connectivity index (χ1) is 18.1. The monoisotopic (exact) mass is 495 g/mol. The highest BCUT2D eigenvalue weighted by Crippen LogP contribution is 2.52. The summed E-state index contributed by atoms with van der Waals surface area (Å²) < 4.78 is 12.7. The average molecular weight is 496 g/mol. The lowest BCUT2D eigenvalue weighted by Gasteiger charge is -2.36. The van der Waals surface area contributed by atoms with Gasteiger partial charge < -0.3 is 14.4 Å². The van der Waals surface area contributed by atoms with Crippen LogP contribution in [0.15, 0.2) is 78.9 Å². The Labute approximate surface area is 220 Å². The SMILES string of the molecule is CN(CCCCc1ccccc1)[C@@H]1CC2CCC1C2OC(=O)C1(C)c2ccccc2Oc2ccccc21. The number of hydrogen-bond acceptors (Lipinski definition) is 4. The van der Waals surface area contributed by atoms with Gasteiger partial charge in [0.1, 0.15) is 23.0 Å². The van der Waals surface area contributed by atoms with Gasteiger partial charge >= 0.3 is 5.97 Å². The summed E-state index contributed by atoms with van der Waals surface area (Å²) in [4.78, 5) is 16.6. The van der Waals surface area contributed by atoms with E-state index in [-0.39, 0.29) is 12.1 Å². The summed E-state index contributed by atoms with van der Waals surface area (Å²) in [6.07, 6.45) is 6.97. The normalized spacial score (nSPS) is 24.8. The summed E-state index contributed by atoms with van der Waals surface area (Å²) in [5.74, 6) is 2.21. The number of hydrogen-bond donors (Lipinski definition) is 0. The van der Waals surface area contributed by atoms with Crippen LogP contribution in [0, 0.1) is 11.8 Å². The van der Waals surface area contributed by atoms with Crippen molar-refractivity contribution >= 4 is 5.97 Å². The van der Waals surface area contributed by atoms with E-state index in [1.165, 1.54) is 18.4 Å². The number of carbonyl (C=O) groups excluding carboxylic acids is 1. The van der Waals surface area contributed by atoms with Crippen LogP contribution in [-0.2, 0) is 21.4 Å². The lowest BCUT2D eigenvalue weighted by atomic mass is 9.74. The van der Waals surface area contributed by atoms with Crippen LogP contribution < -0.4 is 4.74 Å². The van der Waals surface area contributed by atoms with Crippen LogP contribution in [0.4, 0.5) is 0 Å². The maximum atomic E-state index is 14.1. The number of esters is 1. The third kappa shape index (κ3) is 4.35. The van der Waals surface area contributed by atoms with Gasteiger partial charge in [-0.2, -0.15) is 0 Å². The Hall–Kier alpha value is -3.11. The number of benzene rings is 3. The molecule has 1 aliphatic heterocycles. The predicted molar refractivity (Wildman–Crippen MR) is 146 cm³/mol. The Morgan fingerprint density at radius 1 is 0.919 bits per heavy atom. The molecule has 3 unspecified atom stereocenters. The Morgan fingerprint density at radius 3 is 2.27 bits per heavy atom. The molecule has 37 heavy (non-hydrogen) atoms. The largest absolute Gasteiger partial charge is 0.461 e. The Balaban J connectivity index is 1.13. The molecule has 4 nitrogen and oxygen atoms in total. The summed E-state index contributed by atoms with van der Waals surface area (Å²) in [5, 5.41) is 0. The van der Waals surface area contributed by atoms with Gasteiger partial charge in [0.2, 0.25) is 0 Å². The van der Waals surface area contributed by atoms with Gasteiger partial charge in [0.05, 0.1) is 0 Å². The highest BCUT2D eigenvalue weighted by molar-refractivity contribution is 5.90. The number of aryl methyl sites for hydroxylation is 1. The molecule has 0 N–H and O–H groups in total. The second-order valence-corrected chi connectivity index (χ2v) is 11.3. The van der Waals surface area contributed by atoms with E-state index in [9.17, 15) is 4.79 Å². The topological polar surface area (TPSA) is 38.8 Å². The van der Waals surface area contributed by atoms with Gasteiger partial charge in [0, 0.05) is 23.1 Å². The van der Waals surface area contributed by atoms with Crippen molar-refractivity contribution in [2.45, 2.75) is 63.0 Å². The summed E-state index contributed by atoms with van der Waals surface area (Å²) in [5.41, 5.74) is 2.31. The first kappa shape index (κ1) is 24.2. The molecule has 0 spiro atoms. The number of para-hydroxylation sites is 2. The quantitative estimate of drug-likeness (QED) is 0.256. The van der Waals surface area contributed by atoms with Crippen LogP contribution in [0.2, 0.25) is 0 Å². The zero-order valence-electron chi connectivity index (χ0n) is 21.9. The van der Waals surface area contributed by atoms with Crippen LogP contribution in [0.1, 0.15) is 55.7 Å². The first-order valence-corrected chi connectivity index (χ1v) is 13.9. The first-order valence-electron chi connectivity index (χ1n) is 13.9. The lowest BCUT2D eigenvalue weighted by Crippen LogP contribution is -2.42. The van der Waals surface area contributed by atoms with Crippen LogP contribution in [-0.4, -0.2) is 36.6 Å². The van der Waals surface area contributed by atoms with Gasteiger partial charge in [-0.1, -0.05) is 66.7 Å². The van der Waals surface area contributed by atoms with Crippen molar-refractivity contribution in [3.8, 4) is 11.5 Å². The standard InChI is InChI=1S/C33H37NO3/c1-33(26-15-6-8-17-29(26)36-30-18-9-7-16-27(30)33)32(35)37-31-24-19-20-25(31)28(22-24)34(2)21-11-10-14-23-12-4-3-5-13-23/h3-9,12-13,15-18,24-25,28,31H,10-11,14,19-22H2,1-2H3/t24?,25?,28-,31?/m1/s1. The van der Waals surface area contributed by atoms with Crippen molar-refractivity contribution in [3.63, 3.8) is 0 Å². The molecule has 3 aliphatic rings. The summed E-state index contributed by atoms with van der Waals surface area (Å²) in [6.45, 7) is 3.10. The molecule has 0 radical (unpaired) electrons. The number of rotatable bonds is 8. The Kier molecular flexibility index (Phi) is 6.54. The Bertz CT molecular complexity index is 1210. The van der Waals surface area contributed by atoms with Gasteiger partial charge in [-0.05, 0) is 82.7 Å². The molecule has 6 rings (SSSR count). The average Bonchev–Trinajstić information content (AvgIpc) is 3.48. The second kappa shape index (κ2) is 9.98. The fourth-order valence-electron chi connectivity index (χ4n) is 7.09. The van der Waals surface area contributed by atoms with Crippen LogP contribution >= 0.6 is 0 Å². The van der Waals surface area contributed by atoms with Crippen molar-refractivity contribution < 1.29 is 14.3 Å². The summed E-state index contributed by atoms with van der Waals surface area (Å²) in [6, 6.07) is 27.0. The van der Waals surface area contributed by atoms with Crippen molar-refractivity contribution in [3.05, 3.63) is 95.6 Å². The van der Waals surface area contributed by atoms with Crippen molar-refractivity contribution in [1.82, 2.24) is 4.90 Å². The molecule has 2 bridgehead atoms. The van der Waals surface area contributed by atoms with Crippen LogP contribution in [0.3, 0.4) is 0 Å². The highest BCUT2D eigenvalue weighted by atomic mass is 16.5. The minimum Gasteiger partial charge on any atom is -0.461 e. The van der Waals surface area contributed by atoms with Gasteiger partial charge in [0.25, 0.3) is 0 Å². The molecule has 4 heteroatoms. The van der Waals surface area contributed by atoms with E-state index in [0.29, 0.717) is 17.9 Å². The van der Waals surface area contributed by atoms with Crippen LogP contribution in [0.25, 0.3) is 0 Å². The molecule has 2 fully saturated rings. The molecular weight excluding hydrogens is 458 g/mol. The molecule has 0 saturated heterocycles. The Morgan fingerprint density at radius 2 is 1.57 bits per heavy atom. The molecule has 192 valence electrons. The fraction of sp³-hybridized carbons (Fsp3) is 0.424. The van der Waals surface area contributed by atoms with Crippen LogP contribution in [0.5, 0.6) is 11.5 Å². The van der Waals surface area contributed by atoms with E-state index in [1.54, 1.807) is 0 Å². The number of fused-ring (bicyclic) bond motifs is 4. The zero-order chi connectivity index (χ0) is 25.4. The van der Waals surface area contributed by atoms with Gasteiger partial charge in [-0.15, -0.1) is 0 Å². The molecule has 3 aromatic carbocycles. The van der Waals surface area contributed by atoms with Gasteiger partial charge in [-0.25, -0.2) is 0 Å².